The Bertz CT molecular complexity index is 744. The third-order valence-corrected chi connectivity index (χ3v) is 4.73. The van der Waals surface area contributed by atoms with Gasteiger partial charge in [-0.2, -0.15) is 0 Å². The van der Waals surface area contributed by atoms with Crippen LogP contribution in [0.25, 0.3) is 0 Å². The van der Waals surface area contributed by atoms with E-state index in [1.165, 1.54) is 0 Å². The molecule has 0 bridgehead atoms. The van der Waals surface area contributed by atoms with Crippen molar-refractivity contribution in [2.45, 2.75) is 11.3 Å². The molecular formula is C10H10N4O6S. The fourth-order valence-electron chi connectivity index (χ4n) is 1.87. The van der Waals surface area contributed by atoms with E-state index in [2.05, 4.69) is 0 Å². The van der Waals surface area contributed by atoms with Gasteiger partial charge in [-0.15, -0.1) is 0 Å². The number of hydrazine groups is 1. The van der Waals surface area contributed by atoms with Crippen LogP contribution in [0, 0.1) is 10.1 Å². The van der Waals surface area contributed by atoms with Crippen LogP contribution in [0.5, 0.6) is 0 Å². The van der Waals surface area contributed by atoms with Gasteiger partial charge in [0.15, 0.2) is 0 Å². The van der Waals surface area contributed by atoms with Crippen molar-refractivity contribution in [1.82, 2.24) is 9.73 Å². The van der Waals surface area contributed by atoms with Gasteiger partial charge in [0.05, 0.1) is 10.5 Å². The van der Waals surface area contributed by atoms with Gasteiger partial charge in [0, 0.05) is 25.1 Å². The lowest BCUT2D eigenvalue weighted by Gasteiger charge is -2.13. The fourth-order valence-corrected chi connectivity index (χ4v) is 3.46. The zero-order valence-corrected chi connectivity index (χ0v) is 11.3. The lowest BCUT2D eigenvalue weighted by atomic mass is 10.2. The Hall–Kier alpha value is -2.53. The van der Waals surface area contributed by atoms with Crippen molar-refractivity contribution in [1.29, 1.82) is 0 Å². The molecule has 0 atom stereocenters. The van der Waals surface area contributed by atoms with Crippen LogP contribution in [-0.2, 0) is 14.8 Å². The van der Waals surface area contributed by atoms with Gasteiger partial charge in [-0.25, -0.2) is 18.6 Å². The third kappa shape index (κ3) is 2.43. The number of nitrogens with two attached hydrogens (primary N) is 1. The molecule has 1 aromatic carbocycles. The van der Waals surface area contributed by atoms with Gasteiger partial charge in [-0.05, 0) is 6.07 Å². The molecule has 1 aliphatic rings. The number of hydrogen-bond donors (Lipinski definition) is 2. The molecule has 0 spiro atoms. The molecule has 2 rings (SSSR count). The van der Waals surface area contributed by atoms with E-state index >= 15 is 0 Å². The molecule has 112 valence electrons. The highest BCUT2D eigenvalue weighted by Crippen LogP contribution is 2.32. The Balaban J connectivity index is 2.40. The molecule has 3 N–H and O–H groups in total. The summed E-state index contributed by atoms with van der Waals surface area (Å²) in [6.07, 6.45) is -0.308. The maximum absolute atomic E-state index is 12.2. The number of nitro groups is 1. The number of nitrogens with one attached hydrogen (secondary N) is 1. The van der Waals surface area contributed by atoms with Crippen molar-refractivity contribution in [2.24, 2.45) is 5.84 Å². The maximum atomic E-state index is 12.2. The van der Waals surface area contributed by atoms with Crippen LogP contribution in [-0.4, -0.2) is 36.0 Å². The number of non-ortho nitro benzene ring substituents is 1. The van der Waals surface area contributed by atoms with Gasteiger partial charge in [0.1, 0.15) is 4.90 Å². The van der Waals surface area contributed by atoms with E-state index < -0.39 is 43.9 Å². The number of benzene rings is 1. The van der Waals surface area contributed by atoms with Gasteiger partial charge in [-0.1, -0.05) is 0 Å². The minimum atomic E-state index is -4.20. The summed E-state index contributed by atoms with van der Waals surface area (Å²) < 4.78 is 24.9. The van der Waals surface area contributed by atoms with E-state index in [0.29, 0.717) is 4.31 Å². The number of nitro benzene ring substituents is 1. The monoisotopic (exact) mass is 314 g/mol. The van der Waals surface area contributed by atoms with Crippen LogP contribution < -0.4 is 11.3 Å². The summed E-state index contributed by atoms with van der Waals surface area (Å²) in [7, 11) is -4.20. The summed E-state index contributed by atoms with van der Waals surface area (Å²) in [4.78, 5) is 32.5. The number of rotatable bonds is 4. The molecular weight excluding hydrogens is 304 g/mol. The minimum absolute atomic E-state index is 0.159. The number of fused-ring (bicyclic) bond motifs is 1. The van der Waals surface area contributed by atoms with E-state index in [9.17, 15) is 28.1 Å². The van der Waals surface area contributed by atoms with Crippen molar-refractivity contribution in [3.05, 3.63) is 33.9 Å². The maximum Gasteiger partial charge on any atom is 0.270 e. The Morgan fingerprint density at radius 3 is 2.67 bits per heavy atom. The van der Waals surface area contributed by atoms with E-state index in [4.69, 9.17) is 5.84 Å². The van der Waals surface area contributed by atoms with E-state index in [1.54, 1.807) is 0 Å². The molecule has 2 amide bonds. The van der Waals surface area contributed by atoms with Crippen molar-refractivity contribution < 1.29 is 22.9 Å². The summed E-state index contributed by atoms with van der Waals surface area (Å²) in [6, 6.07) is 2.95. The van der Waals surface area contributed by atoms with Crippen LogP contribution >= 0.6 is 0 Å². The van der Waals surface area contributed by atoms with Crippen molar-refractivity contribution in [3.8, 4) is 0 Å². The van der Waals surface area contributed by atoms with E-state index in [0.717, 1.165) is 18.2 Å². The number of hydrogen-bond acceptors (Lipinski definition) is 7. The second-order valence-corrected chi connectivity index (χ2v) is 5.97. The summed E-state index contributed by atoms with van der Waals surface area (Å²) in [5, 5.41) is 10.7. The molecule has 21 heavy (non-hydrogen) atoms. The quantitative estimate of drug-likeness (QED) is 0.316. The molecule has 0 saturated heterocycles. The SMILES string of the molecule is NNC(=O)CCN1C(=O)c2ccc([N+](=O)[O-])cc2S1(=O)=O. The summed E-state index contributed by atoms with van der Waals surface area (Å²) in [5.41, 5.74) is 1.22. The zero-order chi connectivity index (χ0) is 15.8. The number of sulfonamides is 1. The lowest BCUT2D eigenvalue weighted by molar-refractivity contribution is -0.385. The standard InChI is InChI=1S/C10H10N4O6S/c11-12-9(15)3-4-13-10(16)7-2-1-6(14(17)18)5-8(7)21(13,19)20/h1-2,5H,3-4,11H2,(H,12,15). The lowest BCUT2D eigenvalue weighted by Crippen LogP contribution is -2.36. The first-order chi connectivity index (χ1) is 9.78. The van der Waals surface area contributed by atoms with Gasteiger partial charge in [0.2, 0.25) is 5.91 Å². The normalized spacial score (nSPS) is 15.7. The predicted octanol–water partition coefficient (Wildman–Crippen LogP) is -0.881. The Labute approximate surface area is 118 Å². The van der Waals surface area contributed by atoms with Crippen molar-refractivity contribution >= 4 is 27.5 Å². The molecule has 1 heterocycles. The third-order valence-electron chi connectivity index (χ3n) is 2.90. The number of carbonyl (C=O) groups excluding carboxylic acids is 2. The molecule has 1 aliphatic heterocycles. The first kappa shape index (κ1) is 14.9. The Morgan fingerprint density at radius 2 is 2.10 bits per heavy atom. The predicted molar refractivity (Wildman–Crippen MR) is 68.3 cm³/mol. The van der Waals surface area contributed by atoms with Gasteiger partial charge >= 0.3 is 0 Å². The molecule has 0 radical (unpaired) electrons. The minimum Gasteiger partial charge on any atom is -0.294 e. The van der Waals surface area contributed by atoms with Gasteiger partial charge in [-0.3, -0.25) is 25.1 Å². The van der Waals surface area contributed by atoms with Crippen LogP contribution in [0.3, 0.4) is 0 Å². The van der Waals surface area contributed by atoms with Crippen molar-refractivity contribution in [2.75, 3.05) is 6.54 Å². The topological polar surface area (TPSA) is 153 Å². The summed E-state index contributed by atoms with van der Waals surface area (Å²) >= 11 is 0. The Kier molecular flexibility index (Phi) is 3.61. The van der Waals surface area contributed by atoms with E-state index in [1.807, 2.05) is 5.43 Å². The molecule has 0 unspecified atom stereocenters. The number of nitrogens with zero attached hydrogens (tertiary/aromatic N) is 2. The van der Waals surface area contributed by atoms with Gasteiger partial charge < -0.3 is 0 Å². The molecule has 0 saturated carbocycles. The molecule has 10 nitrogen and oxygen atoms in total. The highest BCUT2D eigenvalue weighted by molar-refractivity contribution is 7.90. The smallest absolute Gasteiger partial charge is 0.270 e. The second kappa shape index (κ2) is 5.10. The van der Waals surface area contributed by atoms with Crippen LogP contribution in [0.1, 0.15) is 16.8 Å². The summed E-state index contributed by atoms with van der Waals surface area (Å²) in [5.74, 6) is 3.40. The van der Waals surface area contributed by atoms with Crippen LogP contribution in [0.2, 0.25) is 0 Å². The first-order valence-corrected chi connectivity index (χ1v) is 7.08. The van der Waals surface area contributed by atoms with Crippen molar-refractivity contribution in [3.63, 3.8) is 0 Å². The largest absolute Gasteiger partial charge is 0.294 e. The highest BCUT2D eigenvalue weighted by atomic mass is 32.2. The first-order valence-electron chi connectivity index (χ1n) is 5.64. The molecule has 11 heteroatoms. The van der Waals surface area contributed by atoms with Crippen LogP contribution in [0.15, 0.2) is 23.1 Å². The average Bonchev–Trinajstić information content (AvgIpc) is 2.63. The van der Waals surface area contributed by atoms with Crippen LogP contribution in [0.4, 0.5) is 5.69 Å². The fraction of sp³-hybridized carbons (Fsp3) is 0.200. The molecule has 0 fully saturated rings. The number of carbonyl (C=O) groups is 2. The molecule has 0 aliphatic carbocycles. The molecule has 0 aromatic heterocycles. The highest BCUT2D eigenvalue weighted by Gasteiger charge is 2.42. The molecule has 1 aromatic rings. The zero-order valence-electron chi connectivity index (χ0n) is 10.5. The summed E-state index contributed by atoms with van der Waals surface area (Å²) in [6.45, 7) is -0.396. The van der Waals surface area contributed by atoms with Gasteiger partial charge in [0.25, 0.3) is 21.6 Å². The Morgan fingerprint density at radius 1 is 1.43 bits per heavy atom. The van der Waals surface area contributed by atoms with E-state index in [-0.39, 0.29) is 12.0 Å². The average molecular weight is 314 g/mol. The number of amides is 2. The second-order valence-electron chi connectivity index (χ2n) is 4.14.